The van der Waals surface area contributed by atoms with E-state index in [9.17, 15) is 4.39 Å². The summed E-state index contributed by atoms with van der Waals surface area (Å²) in [6.07, 6.45) is 3.70. The summed E-state index contributed by atoms with van der Waals surface area (Å²) in [4.78, 5) is 6.65. The molecule has 0 bridgehead atoms. The maximum atomic E-state index is 14.0. The van der Waals surface area contributed by atoms with Gasteiger partial charge in [-0.25, -0.2) is 4.39 Å². The molecule has 6 rings (SSSR count). The van der Waals surface area contributed by atoms with Crippen LogP contribution in [0.4, 0.5) is 10.1 Å². The van der Waals surface area contributed by atoms with Crippen molar-refractivity contribution in [1.29, 1.82) is 0 Å². The van der Waals surface area contributed by atoms with E-state index in [1.807, 2.05) is 65.4 Å². The lowest BCUT2D eigenvalue weighted by Gasteiger charge is -2.29. The van der Waals surface area contributed by atoms with E-state index in [-0.39, 0.29) is 24.7 Å². The Kier molecular flexibility index (Phi) is 4.73. The minimum atomic E-state index is -0.291. The summed E-state index contributed by atoms with van der Waals surface area (Å²) in [5, 5.41) is 4.02. The zero-order chi connectivity index (χ0) is 22.4. The van der Waals surface area contributed by atoms with Crippen LogP contribution in [0, 0.1) is 5.82 Å². The van der Waals surface area contributed by atoms with E-state index < -0.39 is 0 Å². The van der Waals surface area contributed by atoms with Gasteiger partial charge in [-0.05, 0) is 66.8 Å². The van der Waals surface area contributed by atoms with Gasteiger partial charge in [0.2, 0.25) is 6.79 Å². The van der Waals surface area contributed by atoms with Crippen molar-refractivity contribution in [3.63, 3.8) is 0 Å². The number of halogens is 1. The predicted molar refractivity (Wildman–Crippen MR) is 126 cm³/mol. The molecule has 0 radical (unpaired) electrons. The van der Waals surface area contributed by atoms with Crippen molar-refractivity contribution in [2.24, 2.45) is 0 Å². The van der Waals surface area contributed by atoms with Gasteiger partial charge in [0.05, 0.1) is 11.7 Å². The van der Waals surface area contributed by atoms with Crippen LogP contribution in [-0.4, -0.2) is 21.5 Å². The smallest absolute Gasteiger partial charge is 0.231 e. The molecule has 0 saturated carbocycles. The van der Waals surface area contributed by atoms with Crippen molar-refractivity contribution < 1.29 is 13.9 Å². The maximum absolute atomic E-state index is 14.0. The summed E-state index contributed by atoms with van der Waals surface area (Å²) >= 11 is 5.81. The number of nitrogens with zero attached hydrogens (tertiary/aromatic N) is 3. The number of hydrogen-bond donors (Lipinski definition) is 1. The summed E-state index contributed by atoms with van der Waals surface area (Å²) < 4.78 is 27.1. The average Bonchev–Trinajstić information content (AvgIpc) is 3.57. The first-order chi connectivity index (χ1) is 16.2. The summed E-state index contributed by atoms with van der Waals surface area (Å²) in [7, 11) is 0. The predicted octanol–water partition coefficient (Wildman–Crippen LogP) is 4.92. The van der Waals surface area contributed by atoms with Gasteiger partial charge in [0.1, 0.15) is 11.9 Å². The highest BCUT2D eigenvalue weighted by atomic mass is 32.1. The van der Waals surface area contributed by atoms with E-state index in [1.54, 1.807) is 12.3 Å². The van der Waals surface area contributed by atoms with Crippen LogP contribution < -0.4 is 19.7 Å². The molecule has 2 aliphatic rings. The van der Waals surface area contributed by atoms with Crippen LogP contribution in [-0.2, 0) is 0 Å². The first-order valence-corrected chi connectivity index (χ1v) is 10.9. The summed E-state index contributed by atoms with van der Waals surface area (Å²) in [6.45, 7) is 0.198. The number of aromatic nitrogens is 2. The summed E-state index contributed by atoms with van der Waals surface area (Å²) in [5.41, 5.74) is 3.41. The first-order valence-electron chi connectivity index (χ1n) is 10.5. The molecule has 2 aliphatic heterocycles. The van der Waals surface area contributed by atoms with Crippen LogP contribution in [0.3, 0.4) is 0 Å². The molecule has 4 aromatic rings. The molecular formula is C25H19FN4O2S. The molecule has 1 N–H and O–H groups in total. The summed E-state index contributed by atoms with van der Waals surface area (Å²) in [5.74, 6) is 1.09. The van der Waals surface area contributed by atoms with Gasteiger partial charge in [0.25, 0.3) is 0 Å². The molecule has 2 atom stereocenters. The fraction of sp³-hybridized carbons (Fsp3) is 0.120. The third-order valence-electron chi connectivity index (χ3n) is 5.90. The van der Waals surface area contributed by atoms with Crippen LogP contribution in [0.15, 0.2) is 85.2 Å². The van der Waals surface area contributed by atoms with Crippen LogP contribution in [0.1, 0.15) is 23.5 Å². The molecule has 164 valence electrons. The molecule has 4 heterocycles. The van der Waals surface area contributed by atoms with Crippen LogP contribution >= 0.6 is 12.2 Å². The Bertz CT molecular complexity index is 1340. The van der Waals surface area contributed by atoms with Gasteiger partial charge in [-0.2, -0.15) is 0 Å². The second kappa shape index (κ2) is 7.90. The average molecular weight is 459 g/mol. The Hall–Kier alpha value is -3.91. The number of ether oxygens (including phenoxy) is 2. The second-order valence-electron chi connectivity index (χ2n) is 7.82. The first kappa shape index (κ1) is 19.8. The molecule has 1 saturated heterocycles. The van der Waals surface area contributed by atoms with E-state index in [0.717, 1.165) is 22.8 Å². The van der Waals surface area contributed by atoms with Gasteiger partial charge in [0.15, 0.2) is 16.6 Å². The Balaban J connectivity index is 1.51. The maximum Gasteiger partial charge on any atom is 0.231 e. The minimum Gasteiger partial charge on any atom is -0.454 e. The van der Waals surface area contributed by atoms with E-state index in [0.29, 0.717) is 16.6 Å². The quantitative estimate of drug-likeness (QED) is 0.438. The fourth-order valence-electron chi connectivity index (χ4n) is 4.46. The zero-order valence-corrected chi connectivity index (χ0v) is 18.2. The molecule has 2 aromatic carbocycles. The minimum absolute atomic E-state index is 0.198. The summed E-state index contributed by atoms with van der Waals surface area (Å²) in [6, 6.07) is 21.7. The van der Waals surface area contributed by atoms with Gasteiger partial charge < -0.3 is 24.3 Å². The van der Waals surface area contributed by atoms with Crippen molar-refractivity contribution in [2.75, 3.05) is 11.7 Å². The van der Waals surface area contributed by atoms with Crippen LogP contribution in [0.2, 0.25) is 0 Å². The lowest BCUT2D eigenvalue weighted by molar-refractivity contribution is 0.174. The van der Waals surface area contributed by atoms with Gasteiger partial charge in [-0.15, -0.1) is 0 Å². The van der Waals surface area contributed by atoms with Gasteiger partial charge in [0, 0.05) is 35.5 Å². The lowest BCUT2D eigenvalue weighted by Crippen LogP contribution is -2.30. The number of pyridine rings is 1. The molecule has 1 fully saturated rings. The van der Waals surface area contributed by atoms with Crippen molar-refractivity contribution in [1.82, 2.24) is 14.9 Å². The van der Waals surface area contributed by atoms with Crippen molar-refractivity contribution in [3.05, 3.63) is 102 Å². The fourth-order valence-corrected chi connectivity index (χ4v) is 4.81. The SMILES string of the molecule is Fc1cccc(-n2cccc2C2C(c3ccccn3)NC(=S)N2c2ccc3c(c2)OCO3)c1. The Morgan fingerprint density at radius 3 is 2.70 bits per heavy atom. The largest absolute Gasteiger partial charge is 0.454 e. The van der Waals surface area contributed by atoms with E-state index in [2.05, 4.69) is 15.2 Å². The van der Waals surface area contributed by atoms with Gasteiger partial charge in [-0.3, -0.25) is 4.98 Å². The molecule has 0 aliphatic carbocycles. The van der Waals surface area contributed by atoms with Crippen molar-refractivity contribution in [2.45, 2.75) is 12.1 Å². The molecule has 6 nitrogen and oxygen atoms in total. The molecule has 2 unspecified atom stereocenters. The molecule has 33 heavy (non-hydrogen) atoms. The number of benzene rings is 2. The zero-order valence-electron chi connectivity index (χ0n) is 17.4. The highest BCUT2D eigenvalue weighted by molar-refractivity contribution is 7.80. The van der Waals surface area contributed by atoms with Gasteiger partial charge in [-0.1, -0.05) is 12.1 Å². The number of hydrogen-bond acceptors (Lipinski definition) is 4. The van der Waals surface area contributed by atoms with Crippen LogP contribution in [0.25, 0.3) is 5.69 Å². The molecule has 0 spiro atoms. The second-order valence-corrected chi connectivity index (χ2v) is 8.20. The topological polar surface area (TPSA) is 51.6 Å². The van der Waals surface area contributed by atoms with Crippen molar-refractivity contribution >= 4 is 23.0 Å². The van der Waals surface area contributed by atoms with E-state index in [1.165, 1.54) is 12.1 Å². The lowest BCUT2D eigenvalue weighted by atomic mass is 10.0. The number of nitrogens with one attached hydrogen (secondary N) is 1. The molecular weight excluding hydrogens is 439 g/mol. The third kappa shape index (κ3) is 3.39. The highest BCUT2D eigenvalue weighted by Gasteiger charge is 2.42. The molecule has 2 aromatic heterocycles. The Morgan fingerprint density at radius 1 is 0.939 bits per heavy atom. The Labute approximate surface area is 195 Å². The monoisotopic (exact) mass is 458 g/mol. The number of thiocarbonyl (C=S) groups is 1. The molecule has 0 amide bonds. The normalized spacial score (nSPS) is 19.1. The number of fused-ring (bicyclic) bond motifs is 1. The molecule has 8 heteroatoms. The van der Waals surface area contributed by atoms with Gasteiger partial charge >= 0.3 is 0 Å². The van der Waals surface area contributed by atoms with Crippen LogP contribution in [0.5, 0.6) is 11.5 Å². The van der Waals surface area contributed by atoms with E-state index >= 15 is 0 Å². The number of rotatable bonds is 4. The third-order valence-corrected chi connectivity index (χ3v) is 6.22. The standard InChI is InChI=1S/C25H19FN4O2S/c26-16-5-3-6-17(13-16)29-12-4-8-20(29)24-23(19-7-1-2-11-27-19)28-25(33)30(24)18-9-10-21-22(14-18)32-15-31-21/h1-14,23-24H,15H2,(H,28,33). The Morgan fingerprint density at radius 2 is 1.85 bits per heavy atom. The highest BCUT2D eigenvalue weighted by Crippen LogP contribution is 2.44. The van der Waals surface area contributed by atoms with Crippen molar-refractivity contribution in [3.8, 4) is 17.2 Å². The van der Waals surface area contributed by atoms with E-state index in [4.69, 9.17) is 21.7 Å². The number of anilines is 1.